The fraction of sp³-hybridized carbons (Fsp3) is 0.409. The standard InChI is InChI=1S/C22H28N2O/c1-17-15-21(18(2)24(17)20-11-7-4-8-12-20)22(25)16-23-14-13-19-9-5-3-6-10-19/h4,7-9,11-12,15,23H,3,5-6,10,13-14,16H2,1-2H3. The van der Waals surface area contributed by atoms with Crippen LogP contribution in [0.15, 0.2) is 48.0 Å². The van der Waals surface area contributed by atoms with Crippen molar-refractivity contribution in [1.82, 2.24) is 9.88 Å². The summed E-state index contributed by atoms with van der Waals surface area (Å²) in [6.45, 7) is 5.38. The number of para-hydroxylation sites is 1. The summed E-state index contributed by atoms with van der Waals surface area (Å²) in [6, 6.07) is 12.2. The van der Waals surface area contributed by atoms with E-state index in [1.54, 1.807) is 5.57 Å². The number of Topliss-reactive ketones (excluding diaryl/α,β-unsaturated/α-hetero) is 1. The number of rotatable bonds is 7. The molecule has 0 saturated heterocycles. The summed E-state index contributed by atoms with van der Waals surface area (Å²) in [6.07, 6.45) is 8.53. The van der Waals surface area contributed by atoms with Gasteiger partial charge in [0.2, 0.25) is 0 Å². The molecule has 0 aliphatic heterocycles. The van der Waals surface area contributed by atoms with Gasteiger partial charge in [0.05, 0.1) is 6.54 Å². The van der Waals surface area contributed by atoms with E-state index in [-0.39, 0.29) is 5.78 Å². The Labute approximate surface area is 150 Å². The topological polar surface area (TPSA) is 34.0 Å². The van der Waals surface area contributed by atoms with Gasteiger partial charge in [0, 0.05) is 22.6 Å². The van der Waals surface area contributed by atoms with Crippen molar-refractivity contribution in [1.29, 1.82) is 0 Å². The molecule has 132 valence electrons. The first-order valence-electron chi connectivity index (χ1n) is 9.33. The lowest BCUT2D eigenvalue weighted by Gasteiger charge is -2.13. The van der Waals surface area contributed by atoms with Gasteiger partial charge in [0.1, 0.15) is 0 Å². The Morgan fingerprint density at radius 3 is 2.68 bits per heavy atom. The fourth-order valence-corrected chi connectivity index (χ4v) is 3.70. The quantitative estimate of drug-likeness (QED) is 0.449. The van der Waals surface area contributed by atoms with Crippen LogP contribution in [0.3, 0.4) is 0 Å². The summed E-state index contributed by atoms with van der Waals surface area (Å²) >= 11 is 0. The second-order valence-electron chi connectivity index (χ2n) is 6.91. The average molecular weight is 336 g/mol. The third kappa shape index (κ3) is 4.29. The van der Waals surface area contributed by atoms with Gasteiger partial charge in [-0.2, -0.15) is 0 Å². The summed E-state index contributed by atoms with van der Waals surface area (Å²) in [4.78, 5) is 12.6. The number of allylic oxidation sites excluding steroid dienone is 1. The molecule has 1 heterocycles. The molecule has 0 unspecified atom stereocenters. The lowest BCUT2D eigenvalue weighted by molar-refractivity contribution is 0.0991. The Kier molecular flexibility index (Phi) is 5.87. The van der Waals surface area contributed by atoms with Gasteiger partial charge in [-0.3, -0.25) is 4.79 Å². The predicted octanol–water partition coefficient (Wildman–Crippen LogP) is 4.76. The molecule has 0 amide bonds. The Morgan fingerprint density at radius 1 is 1.16 bits per heavy atom. The van der Waals surface area contributed by atoms with Crippen LogP contribution >= 0.6 is 0 Å². The highest BCUT2D eigenvalue weighted by atomic mass is 16.1. The number of ketones is 1. The zero-order chi connectivity index (χ0) is 17.6. The monoisotopic (exact) mass is 336 g/mol. The smallest absolute Gasteiger partial charge is 0.178 e. The molecule has 0 atom stereocenters. The van der Waals surface area contributed by atoms with E-state index in [0.29, 0.717) is 6.54 Å². The van der Waals surface area contributed by atoms with Crippen molar-refractivity contribution in [2.24, 2.45) is 0 Å². The Balaban J connectivity index is 1.60. The van der Waals surface area contributed by atoms with E-state index in [1.807, 2.05) is 31.2 Å². The van der Waals surface area contributed by atoms with E-state index in [2.05, 4.69) is 35.0 Å². The minimum absolute atomic E-state index is 0.174. The van der Waals surface area contributed by atoms with E-state index in [9.17, 15) is 4.79 Å². The maximum atomic E-state index is 12.6. The van der Waals surface area contributed by atoms with Gasteiger partial charge in [-0.1, -0.05) is 29.8 Å². The van der Waals surface area contributed by atoms with Gasteiger partial charge in [-0.25, -0.2) is 0 Å². The minimum atomic E-state index is 0.174. The number of aromatic nitrogens is 1. The SMILES string of the molecule is Cc1cc(C(=O)CNCCC2=CCCCC2)c(C)n1-c1ccccc1. The number of hydrogen-bond acceptors (Lipinski definition) is 2. The highest BCUT2D eigenvalue weighted by Crippen LogP contribution is 2.21. The van der Waals surface area contributed by atoms with Crippen molar-refractivity contribution in [2.75, 3.05) is 13.1 Å². The number of hydrogen-bond donors (Lipinski definition) is 1. The maximum absolute atomic E-state index is 12.6. The van der Waals surface area contributed by atoms with Crippen LogP contribution in [0.1, 0.15) is 53.8 Å². The molecular formula is C22H28N2O. The van der Waals surface area contributed by atoms with Gasteiger partial charge in [0.15, 0.2) is 5.78 Å². The van der Waals surface area contributed by atoms with Crippen LogP contribution in [0, 0.1) is 13.8 Å². The highest BCUT2D eigenvalue weighted by Gasteiger charge is 2.16. The van der Waals surface area contributed by atoms with E-state index in [4.69, 9.17) is 0 Å². The number of nitrogens with one attached hydrogen (secondary N) is 1. The van der Waals surface area contributed by atoms with Crippen molar-refractivity contribution in [3.63, 3.8) is 0 Å². The molecule has 1 aromatic heterocycles. The number of nitrogens with zero attached hydrogens (tertiary/aromatic N) is 1. The summed E-state index contributed by atoms with van der Waals surface area (Å²) < 4.78 is 2.15. The van der Waals surface area contributed by atoms with Crippen LogP contribution in [0.2, 0.25) is 0 Å². The van der Waals surface area contributed by atoms with Gasteiger partial charge in [-0.15, -0.1) is 0 Å². The predicted molar refractivity (Wildman–Crippen MR) is 104 cm³/mol. The first-order chi connectivity index (χ1) is 12.2. The van der Waals surface area contributed by atoms with Crippen LogP contribution in [-0.2, 0) is 0 Å². The van der Waals surface area contributed by atoms with Crippen molar-refractivity contribution in [3.05, 3.63) is 65.0 Å². The molecule has 2 aromatic rings. The van der Waals surface area contributed by atoms with E-state index >= 15 is 0 Å². The molecule has 3 heteroatoms. The van der Waals surface area contributed by atoms with Gasteiger partial charge in [0.25, 0.3) is 0 Å². The van der Waals surface area contributed by atoms with Crippen LogP contribution in [-0.4, -0.2) is 23.4 Å². The first-order valence-corrected chi connectivity index (χ1v) is 9.33. The van der Waals surface area contributed by atoms with E-state index in [1.165, 1.54) is 25.7 Å². The minimum Gasteiger partial charge on any atom is -0.318 e. The summed E-state index contributed by atoms with van der Waals surface area (Å²) in [5.74, 6) is 0.174. The largest absolute Gasteiger partial charge is 0.318 e. The maximum Gasteiger partial charge on any atom is 0.178 e. The molecule has 3 rings (SSSR count). The molecule has 0 radical (unpaired) electrons. The van der Waals surface area contributed by atoms with Crippen molar-refractivity contribution < 1.29 is 4.79 Å². The van der Waals surface area contributed by atoms with Crippen molar-refractivity contribution in [2.45, 2.75) is 46.0 Å². The molecular weight excluding hydrogens is 308 g/mol. The third-order valence-electron chi connectivity index (χ3n) is 5.04. The first kappa shape index (κ1) is 17.7. The summed E-state index contributed by atoms with van der Waals surface area (Å²) in [5, 5.41) is 3.33. The number of aryl methyl sites for hydroxylation is 1. The van der Waals surface area contributed by atoms with Crippen LogP contribution in [0.5, 0.6) is 0 Å². The molecule has 3 nitrogen and oxygen atoms in total. The molecule has 1 aromatic carbocycles. The van der Waals surface area contributed by atoms with Crippen molar-refractivity contribution >= 4 is 5.78 Å². The third-order valence-corrected chi connectivity index (χ3v) is 5.04. The number of benzene rings is 1. The molecule has 0 bridgehead atoms. The second-order valence-corrected chi connectivity index (χ2v) is 6.91. The number of carbonyl (C=O) groups excluding carboxylic acids is 1. The van der Waals surface area contributed by atoms with Gasteiger partial charge >= 0.3 is 0 Å². The van der Waals surface area contributed by atoms with Crippen LogP contribution in [0.25, 0.3) is 5.69 Å². The molecule has 0 saturated carbocycles. The summed E-state index contributed by atoms with van der Waals surface area (Å²) in [7, 11) is 0. The number of carbonyl (C=O) groups is 1. The summed E-state index contributed by atoms with van der Waals surface area (Å²) in [5.41, 5.74) is 5.60. The average Bonchev–Trinajstić information content (AvgIpc) is 2.94. The van der Waals surface area contributed by atoms with Gasteiger partial charge < -0.3 is 9.88 Å². The molecule has 0 fully saturated rings. The highest BCUT2D eigenvalue weighted by molar-refractivity contribution is 5.99. The molecule has 0 spiro atoms. The molecule has 1 N–H and O–H groups in total. The molecule has 1 aliphatic rings. The Bertz CT molecular complexity index is 756. The fourth-order valence-electron chi connectivity index (χ4n) is 3.70. The lowest BCUT2D eigenvalue weighted by atomic mass is 9.97. The molecule has 25 heavy (non-hydrogen) atoms. The lowest BCUT2D eigenvalue weighted by Crippen LogP contribution is -2.24. The Hall–Kier alpha value is -2.13. The van der Waals surface area contributed by atoms with E-state index in [0.717, 1.165) is 35.6 Å². The van der Waals surface area contributed by atoms with Gasteiger partial charge in [-0.05, 0) is 70.7 Å². The second kappa shape index (κ2) is 8.30. The normalized spacial score (nSPS) is 14.4. The van der Waals surface area contributed by atoms with Crippen molar-refractivity contribution in [3.8, 4) is 5.69 Å². The zero-order valence-electron chi connectivity index (χ0n) is 15.3. The Morgan fingerprint density at radius 2 is 1.96 bits per heavy atom. The van der Waals surface area contributed by atoms with Crippen LogP contribution < -0.4 is 5.32 Å². The molecule has 1 aliphatic carbocycles. The van der Waals surface area contributed by atoms with E-state index < -0.39 is 0 Å². The van der Waals surface area contributed by atoms with Crippen LogP contribution in [0.4, 0.5) is 0 Å². The zero-order valence-corrected chi connectivity index (χ0v) is 15.3.